The fourth-order valence-corrected chi connectivity index (χ4v) is 5.72. The molecule has 3 heterocycles. The van der Waals surface area contributed by atoms with Gasteiger partial charge in [0.2, 0.25) is 0 Å². The van der Waals surface area contributed by atoms with Gasteiger partial charge in [0.05, 0.1) is 22.5 Å². The van der Waals surface area contributed by atoms with Crippen LogP contribution in [0.1, 0.15) is 49.9 Å². The van der Waals surface area contributed by atoms with E-state index in [0.717, 1.165) is 71.1 Å². The summed E-state index contributed by atoms with van der Waals surface area (Å²) in [5.74, 6) is 3.40. The van der Waals surface area contributed by atoms with Crippen LogP contribution < -0.4 is 10.1 Å². The Kier molecular flexibility index (Phi) is 8.24. The van der Waals surface area contributed by atoms with Gasteiger partial charge in [0.25, 0.3) is 5.91 Å². The number of ether oxygens (including phenoxy) is 1. The summed E-state index contributed by atoms with van der Waals surface area (Å²) in [4.78, 5) is 20.8. The molecular weight excluding hydrogens is 508 g/mol. The second-order valence-electron chi connectivity index (χ2n) is 9.71. The van der Waals surface area contributed by atoms with Gasteiger partial charge in [-0.3, -0.25) is 9.20 Å². The van der Waals surface area contributed by atoms with Crippen LogP contribution in [0.15, 0.2) is 58.9 Å². The Morgan fingerprint density at radius 3 is 2.79 bits per heavy atom. The molecule has 0 radical (unpaired) electrons. The number of aromatic nitrogens is 2. The van der Waals surface area contributed by atoms with Crippen LogP contribution in [0, 0.1) is 12.3 Å². The lowest BCUT2D eigenvalue weighted by atomic mass is 10.1. The van der Waals surface area contributed by atoms with E-state index in [4.69, 9.17) is 16.1 Å². The zero-order chi connectivity index (χ0) is 27.2. The minimum absolute atomic E-state index is 0.0361. The number of thiazole rings is 1. The summed E-state index contributed by atoms with van der Waals surface area (Å²) in [6.45, 7) is 8.57. The zero-order valence-electron chi connectivity index (χ0n) is 22.5. The van der Waals surface area contributed by atoms with Crippen molar-refractivity contribution < 1.29 is 9.53 Å². The number of amides is 1. The maximum atomic E-state index is 12.7. The van der Waals surface area contributed by atoms with E-state index in [9.17, 15) is 4.79 Å². The lowest BCUT2D eigenvalue weighted by Gasteiger charge is -2.17. The van der Waals surface area contributed by atoms with E-state index in [1.54, 1.807) is 11.3 Å². The van der Waals surface area contributed by atoms with E-state index < -0.39 is 0 Å². The van der Waals surface area contributed by atoms with Crippen molar-refractivity contribution in [2.75, 3.05) is 32.8 Å². The maximum Gasteiger partial charge on any atom is 0.251 e. The molecule has 39 heavy (non-hydrogen) atoms. The molecule has 2 aromatic heterocycles. The van der Waals surface area contributed by atoms with Gasteiger partial charge in [0.1, 0.15) is 5.75 Å². The summed E-state index contributed by atoms with van der Waals surface area (Å²) >= 11 is 1.58. The van der Waals surface area contributed by atoms with E-state index in [-0.39, 0.29) is 11.6 Å². The fourth-order valence-electron chi connectivity index (χ4n) is 4.67. The first-order valence-corrected chi connectivity index (χ1v) is 14.4. The summed E-state index contributed by atoms with van der Waals surface area (Å²) in [5, 5.41) is 11.4. The van der Waals surface area contributed by atoms with Gasteiger partial charge < -0.3 is 15.0 Å². The van der Waals surface area contributed by atoms with Gasteiger partial charge in [-0.05, 0) is 56.4 Å². The van der Waals surface area contributed by atoms with Gasteiger partial charge in [0.15, 0.2) is 10.6 Å². The van der Waals surface area contributed by atoms with Gasteiger partial charge in [-0.2, -0.15) is 10.2 Å². The molecule has 1 amide bonds. The monoisotopic (exact) mass is 542 g/mol. The van der Waals surface area contributed by atoms with Gasteiger partial charge in [-0.25, -0.2) is 4.98 Å². The number of hydrogen-bond acceptors (Lipinski definition) is 7. The molecule has 202 valence electrons. The number of nitrogens with zero attached hydrogens (tertiary/aromatic N) is 5. The molecule has 0 saturated carbocycles. The summed E-state index contributed by atoms with van der Waals surface area (Å²) < 4.78 is 9.12. The predicted molar refractivity (Wildman–Crippen MR) is 157 cm³/mol. The topological polar surface area (TPSA) is 83.6 Å². The molecule has 2 aromatic carbocycles. The minimum atomic E-state index is -0.342. The van der Waals surface area contributed by atoms with Crippen LogP contribution in [-0.4, -0.2) is 58.6 Å². The number of benzene rings is 2. The Morgan fingerprint density at radius 2 is 2.03 bits per heavy atom. The van der Waals surface area contributed by atoms with Gasteiger partial charge in [-0.1, -0.05) is 37.3 Å². The van der Waals surface area contributed by atoms with Crippen LogP contribution in [0.4, 0.5) is 0 Å². The number of terminal acetylenes is 1. The maximum absolute atomic E-state index is 12.7. The highest BCUT2D eigenvalue weighted by atomic mass is 32.1. The Morgan fingerprint density at radius 1 is 1.18 bits per heavy atom. The Bertz CT molecular complexity index is 1520. The molecule has 1 aliphatic rings. The second-order valence-corrected chi connectivity index (χ2v) is 10.7. The summed E-state index contributed by atoms with van der Waals surface area (Å²) in [6.07, 6.45) is 10.5. The predicted octanol–water partition coefficient (Wildman–Crippen LogP) is 6.02. The van der Waals surface area contributed by atoms with Crippen LogP contribution in [0.5, 0.6) is 5.75 Å². The molecule has 0 fully saturated rings. The molecule has 9 heteroatoms. The van der Waals surface area contributed by atoms with Crippen LogP contribution in [0.3, 0.4) is 0 Å². The normalized spacial score (nSPS) is 13.7. The lowest BCUT2D eigenvalue weighted by molar-refractivity contribution is 0.0952. The SMILES string of the molecule is C#CCCC1(CCOc2cccc(-c3cn4c(n3)sc3cc(C(=O)NCCCN(CC)CC)ccc34)c2)N=N1. The third-order valence-corrected chi connectivity index (χ3v) is 8.16. The van der Waals surface area contributed by atoms with Crippen molar-refractivity contribution in [3.05, 3.63) is 54.2 Å². The number of nitrogens with one attached hydrogen (secondary N) is 1. The highest BCUT2D eigenvalue weighted by molar-refractivity contribution is 7.23. The molecule has 0 saturated heterocycles. The summed E-state index contributed by atoms with van der Waals surface area (Å²) in [7, 11) is 0. The van der Waals surface area contributed by atoms with Gasteiger partial charge in [0, 0.05) is 43.1 Å². The standard InChI is InChI=1S/C30H34N6O2S/c1-4-7-14-30(33-34-30)15-18-38-24-11-8-10-22(19-24)25-21-36-26-13-12-23(20-27(26)39-29(36)32-25)28(37)31-16-9-17-35(5-2)6-3/h1,8,10-13,19-21H,5-7,9,14-18H2,2-3H3,(H,31,37). The molecule has 1 N–H and O–H groups in total. The van der Waals surface area contributed by atoms with Crippen molar-refractivity contribution in [1.82, 2.24) is 19.6 Å². The first-order chi connectivity index (χ1) is 19.0. The molecule has 1 aliphatic heterocycles. The highest BCUT2D eigenvalue weighted by Gasteiger charge is 2.38. The quantitative estimate of drug-likeness (QED) is 0.156. The van der Waals surface area contributed by atoms with E-state index in [0.29, 0.717) is 25.1 Å². The number of imidazole rings is 1. The Balaban J connectivity index is 1.22. The Hall–Kier alpha value is -3.74. The van der Waals surface area contributed by atoms with E-state index in [1.165, 1.54) is 0 Å². The largest absolute Gasteiger partial charge is 0.493 e. The average Bonchev–Trinajstić information content (AvgIpc) is 3.46. The Labute approximate surface area is 233 Å². The van der Waals surface area contributed by atoms with Crippen LogP contribution >= 0.6 is 11.3 Å². The zero-order valence-corrected chi connectivity index (χ0v) is 23.3. The van der Waals surface area contributed by atoms with Crippen molar-refractivity contribution in [3.63, 3.8) is 0 Å². The van der Waals surface area contributed by atoms with Crippen LogP contribution in [0.25, 0.3) is 26.4 Å². The van der Waals surface area contributed by atoms with E-state index >= 15 is 0 Å². The van der Waals surface area contributed by atoms with Crippen molar-refractivity contribution in [3.8, 4) is 29.4 Å². The van der Waals surface area contributed by atoms with Crippen LogP contribution in [0.2, 0.25) is 0 Å². The van der Waals surface area contributed by atoms with E-state index in [2.05, 4.69) is 44.6 Å². The first kappa shape index (κ1) is 26.9. The number of carbonyl (C=O) groups is 1. The fraction of sp³-hybridized carbons (Fsp3) is 0.400. The lowest BCUT2D eigenvalue weighted by Crippen LogP contribution is -2.29. The highest BCUT2D eigenvalue weighted by Crippen LogP contribution is 2.37. The molecule has 0 aliphatic carbocycles. The third kappa shape index (κ3) is 6.29. The third-order valence-electron chi connectivity index (χ3n) is 7.14. The molecule has 0 bridgehead atoms. The molecule has 0 atom stereocenters. The molecule has 0 unspecified atom stereocenters. The summed E-state index contributed by atoms with van der Waals surface area (Å²) in [5.41, 5.74) is 3.23. The van der Waals surface area contributed by atoms with E-state index in [1.807, 2.05) is 48.7 Å². The molecule has 4 aromatic rings. The number of hydrogen-bond donors (Lipinski definition) is 1. The van der Waals surface area contributed by atoms with Crippen molar-refractivity contribution in [2.24, 2.45) is 10.2 Å². The molecule has 0 spiro atoms. The van der Waals surface area contributed by atoms with Crippen molar-refractivity contribution >= 4 is 32.4 Å². The number of rotatable bonds is 14. The van der Waals surface area contributed by atoms with Gasteiger partial charge in [-0.15, -0.1) is 12.3 Å². The summed E-state index contributed by atoms with van der Waals surface area (Å²) in [6, 6.07) is 13.8. The molecule has 5 rings (SSSR count). The smallest absolute Gasteiger partial charge is 0.251 e. The first-order valence-electron chi connectivity index (χ1n) is 13.6. The molecular formula is C30H34N6O2S. The minimum Gasteiger partial charge on any atom is -0.493 e. The van der Waals surface area contributed by atoms with Crippen molar-refractivity contribution in [1.29, 1.82) is 0 Å². The van der Waals surface area contributed by atoms with Crippen molar-refractivity contribution in [2.45, 2.75) is 45.2 Å². The molecule has 8 nitrogen and oxygen atoms in total. The second kappa shape index (κ2) is 12.0. The average molecular weight is 543 g/mol. The number of carbonyl (C=O) groups excluding carboxylic acids is 1. The van der Waals surface area contributed by atoms with Crippen LogP contribution in [-0.2, 0) is 0 Å². The number of fused-ring (bicyclic) bond motifs is 3. The van der Waals surface area contributed by atoms with Gasteiger partial charge >= 0.3 is 0 Å².